The van der Waals surface area contributed by atoms with Crippen molar-refractivity contribution in [3.63, 3.8) is 0 Å². The summed E-state index contributed by atoms with van der Waals surface area (Å²) in [5.41, 5.74) is -1.05. The molecule has 0 N–H and O–H groups in total. The van der Waals surface area contributed by atoms with E-state index in [1.807, 2.05) is 0 Å². The van der Waals surface area contributed by atoms with Gasteiger partial charge in [0.05, 0.1) is 30.4 Å². The molecule has 0 bridgehead atoms. The van der Waals surface area contributed by atoms with Gasteiger partial charge in [0, 0.05) is 0 Å². The number of hydrogen-bond acceptors (Lipinski definition) is 2. The third kappa shape index (κ3) is 2.29. The summed E-state index contributed by atoms with van der Waals surface area (Å²) in [5, 5.41) is 0. The van der Waals surface area contributed by atoms with Crippen LogP contribution in [0, 0.1) is 0 Å². The molecule has 0 atom stereocenters. The lowest BCUT2D eigenvalue weighted by Crippen LogP contribution is -2.10. The van der Waals surface area contributed by atoms with Gasteiger partial charge >= 0.3 is 6.18 Å². The van der Waals surface area contributed by atoms with Crippen LogP contribution in [-0.2, 0) is 12.1 Å². The first kappa shape index (κ1) is 11.1. The average Bonchev–Trinajstić information content (AvgIpc) is 2.15. The van der Waals surface area contributed by atoms with E-state index in [-0.39, 0.29) is 17.3 Å². The van der Waals surface area contributed by atoms with Crippen molar-refractivity contribution >= 4 is 11.6 Å². The summed E-state index contributed by atoms with van der Waals surface area (Å²) in [7, 11) is 1.28. The maximum Gasteiger partial charge on any atom is 0.418 e. The van der Waals surface area contributed by atoms with E-state index in [1.54, 1.807) is 0 Å². The Hall–Kier alpha value is -0.970. The van der Waals surface area contributed by atoms with Gasteiger partial charge in [-0.3, -0.25) is 4.98 Å². The molecular weight excluding hydrogens is 219 g/mol. The van der Waals surface area contributed by atoms with E-state index in [0.717, 1.165) is 6.07 Å². The number of rotatable bonds is 2. The molecule has 0 saturated heterocycles. The van der Waals surface area contributed by atoms with Gasteiger partial charge in [0.25, 0.3) is 0 Å². The Morgan fingerprint density at radius 1 is 1.50 bits per heavy atom. The summed E-state index contributed by atoms with van der Waals surface area (Å²) in [6, 6.07) is 0.880. The highest BCUT2D eigenvalue weighted by Crippen LogP contribution is 2.33. The Kier molecular flexibility index (Phi) is 3.21. The summed E-state index contributed by atoms with van der Waals surface area (Å²) < 4.78 is 41.8. The lowest BCUT2D eigenvalue weighted by atomic mass is 10.2. The van der Waals surface area contributed by atoms with Gasteiger partial charge in [0.2, 0.25) is 0 Å². The molecule has 0 unspecified atom stereocenters. The molecule has 1 heterocycles. The standard InChI is InChI=1S/C8H7ClF3NO/c1-14-5-2-6(8(10,11)12)7(3-9)13-4-5/h2,4H,3H2,1H3. The molecule has 78 valence electrons. The zero-order chi connectivity index (χ0) is 10.8. The number of halogens is 4. The van der Waals surface area contributed by atoms with Crippen LogP contribution >= 0.6 is 11.6 Å². The number of ether oxygens (including phenoxy) is 1. The molecule has 0 radical (unpaired) electrons. The van der Waals surface area contributed by atoms with Crippen molar-refractivity contribution in [1.82, 2.24) is 4.98 Å². The highest BCUT2D eigenvalue weighted by molar-refractivity contribution is 6.17. The van der Waals surface area contributed by atoms with Gasteiger partial charge in [-0.1, -0.05) is 0 Å². The summed E-state index contributed by atoms with van der Waals surface area (Å²) in [5.74, 6) is -0.218. The molecule has 1 aromatic rings. The van der Waals surface area contributed by atoms with E-state index in [9.17, 15) is 13.2 Å². The smallest absolute Gasteiger partial charge is 0.418 e. The molecule has 1 aromatic heterocycles. The minimum atomic E-state index is -4.45. The van der Waals surface area contributed by atoms with Crippen LogP contribution in [0.1, 0.15) is 11.3 Å². The third-order valence-electron chi connectivity index (χ3n) is 1.61. The van der Waals surface area contributed by atoms with Crippen molar-refractivity contribution in [1.29, 1.82) is 0 Å². The van der Waals surface area contributed by atoms with Crippen LogP contribution in [-0.4, -0.2) is 12.1 Å². The molecule has 0 aliphatic carbocycles. The number of alkyl halides is 4. The molecule has 6 heteroatoms. The second kappa shape index (κ2) is 4.04. The summed E-state index contributed by atoms with van der Waals surface area (Å²) in [6.07, 6.45) is -3.25. The number of methoxy groups -OCH3 is 1. The topological polar surface area (TPSA) is 22.1 Å². The average molecular weight is 226 g/mol. The van der Waals surface area contributed by atoms with Crippen molar-refractivity contribution in [2.45, 2.75) is 12.1 Å². The van der Waals surface area contributed by atoms with E-state index in [1.165, 1.54) is 13.3 Å². The van der Waals surface area contributed by atoms with Crippen LogP contribution in [0.4, 0.5) is 13.2 Å². The largest absolute Gasteiger partial charge is 0.495 e. The molecule has 2 nitrogen and oxygen atoms in total. The molecular formula is C8H7ClF3NO. The Bertz CT molecular complexity index is 327. The number of nitrogens with zero attached hydrogens (tertiary/aromatic N) is 1. The Morgan fingerprint density at radius 3 is 2.57 bits per heavy atom. The van der Waals surface area contributed by atoms with Crippen LogP contribution in [0.2, 0.25) is 0 Å². The van der Waals surface area contributed by atoms with Gasteiger partial charge in [0.15, 0.2) is 0 Å². The number of hydrogen-bond donors (Lipinski definition) is 0. The fraction of sp³-hybridized carbons (Fsp3) is 0.375. The van der Waals surface area contributed by atoms with Crippen molar-refractivity contribution in [3.05, 3.63) is 23.5 Å². The number of aromatic nitrogens is 1. The first-order chi connectivity index (χ1) is 6.49. The zero-order valence-electron chi connectivity index (χ0n) is 7.23. The minimum absolute atomic E-state index is 0.0613. The second-order valence-electron chi connectivity index (χ2n) is 2.50. The van der Waals surface area contributed by atoms with Crippen LogP contribution in [0.5, 0.6) is 5.75 Å². The fourth-order valence-electron chi connectivity index (χ4n) is 0.937. The van der Waals surface area contributed by atoms with E-state index in [4.69, 9.17) is 11.6 Å². The van der Waals surface area contributed by atoms with Crippen molar-refractivity contribution < 1.29 is 17.9 Å². The number of pyridine rings is 1. The molecule has 0 spiro atoms. The molecule has 0 aliphatic rings. The van der Waals surface area contributed by atoms with Gasteiger partial charge in [0.1, 0.15) is 5.75 Å². The van der Waals surface area contributed by atoms with E-state index in [0.29, 0.717) is 0 Å². The maximum atomic E-state index is 12.4. The van der Waals surface area contributed by atoms with E-state index >= 15 is 0 Å². The Balaban J connectivity index is 3.22. The predicted molar refractivity (Wildman–Crippen MR) is 45.3 cm³/mol. The Labute approximate surface area is 83.7 Å². The highest BCUT2D eigenvalue weighted by atomic mass is 35.5. The van der Waals surface area contributed by atoms with Crippen LogP contribution in [0.25, 0.3) is 0 Å². The summed E-state index contributed by atoms with van der Waals surface area (Å²) >= 11 is 5.33. The van der Waals surface area contributed by atoms with Gasteiger partial charge in [-0.25, -0.2) is 0 Å². The van der Waals surface area contributed by atoms with Crippen molar-refractivity contribution in [3.8, 4) is 5.75 Å². The summed E-state index contributed by atoms with van der Waals surface area (Å²) in [4.78, 5) is 3.56. The van der Waals surface area contributed by atoms with Crippen molar-refractivity contribution in [2.24, 2.45) is 0 Å². The van der Waals surface area contributed by atoms with Gasteiger partial charge in [-0.2, -0.15) is 13.2 Å². The summed E-state index contributed by atoms with van der Waals surface area (Å²) in [6.45, 7) is 0. The molecule has 0 aromatic carbocycles. The van der Waals surface area contributed by atoms with Gasteiger partial charge in [-0.05, 0) is 6.07 Å². The normalized spacial score (nSPS) is 11.5. The van der Waals surface area contributed by atoms with Crippen LogP contribution < -0.4 is 4.74 Å². The van der Waals surface area contributed by atoms with Crippen molar-refractivity contribution in [2.75, 3.05) is 7.11 Å². The first-order valence-electron chi connectivity index (χ1n) is 3.65. The molecule has 0 fully saturated rings. The lowest BCUT2D eigenvalue weighted by Gasteiger charge is -2.11. The second-order valence-corrected chi connectivity index (χ2v) is 2.77. The van der Waals surface area contributed by atoms with E-state index < -0.39 is 11.7 Å². The highest BCUT2D eigenvalue weighted by Gasteiger charge is 2.34. The fourth-order valence-corrected chi connectivity index (χ4v) is 1.15. The molecule has 1 rings (SSSR count). The van der Waals surface area contributed by atoms with Gasteiger partial charge < -0.3 is 4.74 Å². The first-order valence-corrected chi connectivity index (χ1v) is 4.18. The SMILES string of the molecule is COc1cnc(CCl)c(C(F)(F)F)c1. The van der Waals surface area contributed by atoms with Crippen LogP contribution in [0.15, 0.2) is 12.3 Å². The molecule has 0 amide bonds. The Morgan fingerprint density at radius 2 is 2.14 bits per heavy atom. The molecule has 14 heavy (non-hydrogen) atoms. The monoisotopic (exact) mass is 225 g/mol. The van der Waals surface area contributed by atoms with E-state index in [2.05, 4.69) is 9.72 Å². The predicted octanol–water partition coefficient (Wildman–Crippen LogP) is 2.85. The maximum absolute atomic E-state index is 12.4. The quantitative estimate of drug-likeness (QED) is 0.722. The zero-order valence-corrected chi connectivity index (χ0v) is 7.99. The molecule has 0 saturated carbocycles. The van der Waals surface area contributed by atoms with Crippen LogP contribution in [0.3, 0.4) is 0 Å². The molecule has 0 aliphatic heterocycles. The van der Waals surface area contributed by atoms with Gasteiger partial charge in [-0.15, -0.1) is 11.6 Å². The lowest BCUT2D eigenvalue weighted by molar-refractivity contribution is -0.138. The third-order valence-corrected chi connectivity index (χ3v) is 1.87. The minimum Gasteiger partial charge on any atom is -0.495 e.